The van der Waals surface area contributed by atoms with Gasteiger partial charge in [-0.05, 0) is 37.8 Å². The van der Waals surface area contributed by atoms with Crippen LogP contribution < -0.4 is 5.73 Å². The Labute approximate surface area is 114 Å². The Kier molecular flexibility index (Phi) is 3.56. The third-order valence-corrected chi connectivity index (χ3v) is 3.59. The van der Waals surface area contributed by atoms with Gasteiger partial charge >= 0.3 is 0 Å². The molecule has 0 fully saturated rings. The number of anilines is 1. The van der Waals surface area contributed by atoms with Crippen LogP contribution in [0.2, 0.25) is 0 Å². The second kappa shape index (κ2) is 5.00. The molecule has 1 aromatic carbocycles. The first-order valence-corrected chi connectivity index (χ1v) is 6.62. The summed E-state index contributed by atoms with van der Waals surface area (Å²) < 4.78 is 0. The van der Waals surface area contributed by atoms with Crippen LogP contribution in [0.1, 0.15) is 42.1 Å². The lowest BCUT2D eigenvalue weighted by molar-refractivity contribution is 0.836. The lowest BCUT2D eigenvalue weighted by Gasteiger charge is -2.14. The standard InChI is InChI=1S/C16H21N3/c1-9(2)14-12(5)18-16(19-15(14)17)13-8-6-7-10(3)11(13)4/h6-9H,1-5H3,(H2,17,18,19). The zero-order valence-electron chi connectivity index (χ0n) is 12.3. The van der Waals surface area contributed by atoms with Crippen LogP contribution in [0.4, 0.5) is 5.82 Å². The molecule has 0 unspecified atom stereocenters. The molecular weight excluding hydrogens is 234 g/mol. The summed E-state index contributed by atoms with van der Waals surface area (Å²) in [5, 5.41) is 0. The number of hydrogen-bond donors (Lipinski definition) is 1. The van der Waals surface area contributed by atoms with Crippen molar-refractivity contribution in [3.8, 4) is 11.4 Å². The van der Waals surface area contributed by atoms with Gasteiger partial charge in [0.15, 0.2) is 5.82 Å². The van der Waals surface area contributed by atoms with E-state index >= 15 is 0 Å². The predicted molar refractivity (Wildman–Crippen MR) is 80.2 cm³/mol. The van der Waals surface area contributed by atoms with Crippen LogP contribution in [-0.4, -0.2) is 9.97 Å². The molecule has 100 valence electrons. The maximum absolute atomic E-state index is 6.10. The lowest BCUT2D eigenvalue weighted by atomic mass is 10.0. The number of aromatic nitrogens is 2. The summed E-state index contributed by atoms with van der Waals surface area (Å²) in [5.41, 5.74) is 11.6. The highest BCUT2D eigenvalue weighted by molar-refractivity contribution is 5.64. The second-order valence-electron chi connectivity index (χ2n) is 5.33. The minimum Gasteiger partial charge on any atom is -0.383 e. The van der Waals surface area contributed by atoms with Crippen LogP contribution in [0, 0.1) is 20.8 Å². The number of benzene rings is 1. The van der Waals surface area contributed by atoms with Crippen LogP contribution in [0.5, 0.6) is 0 Å². The molecular formula is C16H21N3. The number of nitrogens with two attached hydrogens (primary N) is 1. The van der Waals surface area contributed by atoms with Gasteiger partial charge < -0.3 is 5.73 Å². The van der Waals surface area contributed by atoms with Gasteiger partial charge in [0.25, 0.3) is 0 Å². The minimum atomic E-state index is 0.340. The number of nitrogen functional groups attached to an aromatic ring is 1. The monoisotopic (exact) mass is 255 g/mol. The van der Waals surface area contributed by atoms with Crippen molar-refractivity contribution in [2.24, 2.45) is 0 Å². The first kappa shape index (κ1) is 13.5. The Morgan fingerprint density at radius 3 is 2.32 bits per heavy atom. The largest absolute Gasteiger partial charge is 0.383 e. The van der Waals surface area contributed by atoms with Crippen molar-refractivity contribution in [3.63, 3.8) is 0 Å². The van der Waals surface area contributed by atoms with Gasteiger partial charge in [0.2, 0.25) is 0 Å². The number of hydrogen-bond acceptors (Lipinski definition) is 3. The van der Waals surface area contributed by atoms with Gasteiger partial charge in [-0.1, -0.05) is 32.0 Å². The Balaban J connectivity index is 2.62. The fraction of sp³-hybridized carbons (Fsp3) is 0.375. The third-order valence-electron chi connectivity index (χ3n) is 3.59. The van der Waals surface area contributed by atoms with Gasteiger partial charge in [0.1, 0.15) is 5.82 Å². The zero-order valence-corrected chi connectivity index (χ0v) is 12.3. The highest BCUT2D eigenvalue weighted by Gasteiger charge is 2.14. The molecule has 0 saturated carbocycles. The molecule has 0 spiro atoms. The lowest BCUT2D eigenvalue weighted by Crippen LogP contribution is -2.07. The number of nitrogens with zero attached hydrogens (tertiary/aromatic N) is 2. The van der Waals surface area contributed by atoms with E-state index in [0.29, 0.717) is 11.7 Å². The molecule has 2 N–H and O–H groups in total. The maximum Gasteiger partial charge on any atom is 0.162 e. The van der Waals surface area contributed by atoms with Crippen molar-refractivity contribution in [2.45, 2.75) is 40.5 Å². The van der Waals surface area contributed by atoms with Gasteiger partial charge in [-0.25, -0.2) is 9.97 Å². The summed E-state index contributed by atoms with van der Waals surface area (Å²) in [6, 6.07) is 6.17. The minimum absolute atomic E-state index is 0.340. The molecule has 3 nitrogen and oxygen atoms in total. The molecule has 2 rings (SSSR count). The molecule has 0 aliphatic heterocycles. The zero-order chi connectivity index (χ0) is 14.2. The molecule has 1 aromatic heterocycles. The molecule has 0 atom stereocenters. The first-order valence-electron chi connectivity index (χ1n) is 6.62. The summed E-state index contributed by atoms with van der Waals surface area (Å²) in [6.07, 6.45) is 0. The van der Waals surface area contributed by atoms with Crippen molar-refractivity contribution < 1.29 is 0 Å². The topological polar surface area (TPSA) is 51.8 Å². The van der Waals surface area contributed by atoms with Crippen molar-refractivity contribution in [3.05, 3.63) is 40.6 Å². The maximum atomic E-state index is 6.10. The van der Waals surface area contributed by atoms with E-state index in [1.165, 1.54) is 11.1 Å². The summed E-state index contributed by atoms with van der Waals surface area (Å²) in [5.74, 6) is 1.66. The third kappa shape index (κ3) is 2.46. The van der Waals surface area contributed by atoms with E-state index < -0.39 is 0 Å². The molecule has 1 heterocycles. The normalized spacial score (nSPS) is 11.1. The van der Waals surface area contributed by atoms with Gasteiger partial charge in [-0.3, -0.25) is 0 Å². The summed E-state index contributed by atoms with van der Waals surface area (Å²) in [7, 11) is 0. The Morgan fingerprint density at radius 1 is 1.05 bits per heavy atom. The first-order chi connectivity index (χ1) is 8.91. The van der Waals surface area contributed by atoms with Gasteiger partial charge in [0.05, 0.1) is 0 Å². The van der Waals surface area contributed by atoms with Crippen LogP contribution in [0.3, 0.4) is 0 Å². The van der Waals surface area contributed by atoms with Gasteiger partial charge in [0, 0.05) is 16.8 Å². The van der Waals surface area contributed by atoms with Crippen LogP contribution in [0.25, 0.3) is 11.4 Å². The van der Waals surface area contributed by atoms with Crippen LogP contribution in [-0.2, 0) is 0 Å². The molecule has 0 radical (unpaired) electrons. The van der Waals surface area contributed by atoms with Crippen LogP contribution >= 0.6 is 0 Å². The van der Waals surface area contributed by atoms with E-state index in [9.17, 15) is 0 Å². The molecule has 0 amide bonds. The Hall–Kier alpha value is -1.90. The van der Waals surface area contributed by atoms with E-state index in [4.69, 9.17) is 5.73 Å². The quantitative estimate of drug-likeness (QED) is 0.888. The highest BCUT2D eigenvalue weighted by Crippen LogP contribution is 2.28. The molecule has 2 aromatic rings. The molecule has 19 heavy (non-hydrogen) atoms. The Morgan fingerprint density at radius 2 is 1.74 bits per heavy atom. The smallest absolute Gasteiger partial charge is 0.162 e. The summed E-state index contributed by atoms with van der Waals surface area (Å²) in [6.45, 7) is 10.4. The molecule has 0 bridgehead atoms. The Bertz CT molecular complexity index is 592. The van der Waals surface area contributed by atoms with Crippen LogP contribution in [0.15, 0.2) is 18.2 Å². The van der Waals surface area contributed by atoms with Crippen molar-refractivity contribution in [2.75, 3.05) is 5.73 Å². The average molecular weight is 255 g/mol. The van der Waals surface area contributed by atoms with Gasteiger partial charge in [-0.15, -0.1) is 0 Å². The number of rotatable bonds is 2. The van der Waals surface area contributed by atoms with Crippen molar-refractivity contribution >= 4 is 5.82 Å². The summed E-state index contributed by atoms with van der Waals surface area (Å²) in [4.78, 5) is 9.13. The van der Waals surface area contributed by atoms with E-state index in [-0.39, 0.29) is 0 Å². The molecule has 0 aliphatic rings. The predicted octanol–water partition coefficient (Wildman–Crippen LogP) is 3.77. The molecule has 0 saturated heterocycles. The SMILES string of the molecule is Cc1cccc(-c2nc(C)c(C(C)C)c(N)n2)c1C. The van der Waals surface area contributed by atoms with E-state index in [1.54, 1.807) is 0 Å². The second-order valence-corrected chi connectivity index (χ2v) is 5.33. The fourth-order valence-corrected chi connectivity index (χ4v) is 2.43. The number of aryl methyl sites for hydroxylation is 2. The van der Waals surface area contributed by atoms with E-state index in [0.717, 1.165) is 22.6 Å². The summed E-state index contributed by atoms with van der Waals surface area (Å²) >= 11 is 0. The van der Waals surface area contributed by atoms with Gasteiger partial charge in [-0.2, -0.15) is 0 Å². The highest BCUT2D eigenvalue weighted by atomic mass is 15.0. The van der Waals surface area contributed by atoms with E-state index in [2.05, 4.69) is 43.7 Å². The molecule has 0 aliphatic carbocycles. The molecule has 3 heteroatoms. The van der Waals surface area contributed by atoms with Crippen molar-refractivity contribution in [1.82, 2.24) is 9.97 Å². The van der Waals surface area contributed by atoms with Crippen molar-refractivity contribution in [1.29, 1.82) is 0 Å². The van der Waals surface area contributed by atoms with E-state index in [1.807, 2.05) is 19.1 Å². The average Bonchev–Trinajstić information content (AvgIpc) is 2.31. The fourth-order valence-electron chi connectivity index (χ4n) is 2.43.